The van der Waals surface area contributed by atoms with E-state index < -0.39 is 0 Å². The molecule has 19 heavy (non-hydrogen) atoms. The van der Waals surface area contributed by atoms with Gasteiger partial charge in [-0.25, -0.2) is 0 Å². The molecule has 3 N–H and O–H groups in total. The third kappa shape index (κ3) is 3.65. The monoisotopic (exact) mass is 356 g/mol. The van der Waals surface area contributed by atoms with E-state index in [9.17, 15) is 0 Å². The molecule has 0 amide bonds. The number of benzene rings is 2. The Bertz CT molecular complexity index is 634. The number of hydrogen-bond acceptors (Lipinski definition) is 3. The third-order valence-electron chi connectivity index (χ3n) is 2.36. The zero-order valence-corrected chi connectivity index (χ0v) is 12.8. The minimum atomic E-state index is 0.00371. The molecule has 0 bridgehead atoms. The fourth-order valence-corrected chi connectivity index (χ4v) is 3.30. The number of oxime groups is 1. The molecule has 2 aromatic rings. The van der Waals surface area contributed by atoms with Crippen molar-refractivity contribution in [3.05, 3.63) is 57.5 Å². The Morgan fingerprint density at radius 1 is 1.21 bits per heavy atom. The second-order valence-electron chi connectivity index (χ2n) is 3.69. The topological polar surface area (TPSA) is 58.6 Å². The molecule has 0 heterocycles. The van der Waals surface area contributed by atoms with Gasteiger partial charge >= 0.3 is 0 Å². The number of nitrogens with zero attached hydrogens (tertiary/aromatic N) is 1. The quantitative estimate of drug-likeness (QED) is 0.371. The van der Waals surface area contributed by atoms with Crippen molar-refractivity contribution in [2.75, 3.05) is 0 Å². The van der Waals surface area contributed by atoms with E-state index >= 15 is 0 Å². The molecule has 2 aromatic carbocycles. The first-order valence-electron chi connectivity index (χ1n) is 5.31. The van der Waals surface area contributed by atoms with Crippen molar-refractivity contribution < 1.29 is 5.21 Å². The van der Waals surface area contributed by atoms with E-state index in [0.717, 1.165) is 14.3 Å². The van der Waals surface area contributed by atoms with E-state index in [0.29, 0.717) is 10.6 Å². The molecule has 6 heteroatoms. The molecule has 0 spiro atoms. The van der Waals surface area contributed by atoms with E-state index in [1.807, 2.05) is 30.3 Å². The summed E-state index contributed by atoms with van der Waals surface area (Å²) in [7, 11) is 0. The summed E-state index contributed by atoms with van der Waals surface area (Å²) in [4.78, 5) is 2.08. The molecule has 0 atom stereocenters. The van der Waals surface area contributed by atoms with E-state index in [1.54, 1.807) is 23.9 Å². The lowest BCUT2D eigenvalue weighted by atomic mass is 10.2. The first-order valence-corrected chi connectivity index (χ1v) is 7.30. The Morgan fingerprint density at radius 3 is 2.58 bits per heavy atom. The second-order valence-corrected chi connectivity index (χ2v) is 6.16. The van der Waals surface area contributed by atoms with Crippen molar-refractivity contribution in [1.29, 1.82) is 0 Å². The number of amidine groups is 1. The summed E-state index contributed by atoms with van der Waals surface area (Å²) in [6.45, 7) is 0. The van der Waals surface area contributed by atoms with Gasteiger partial charge in [-0.1, -0.05) is 50.5 Å². The largest absolute Gasteiger partial charge is 0.409 e. The molecular weight excluding hydrogens is 348 g/mol. The van der Waals surface area contributed by atoms with E-state index in [2.05, 4.69) is 21.1 Å². The third-order valence-corrected chi connectivity index (χ3v) is 4.14. The Balaban J connectivity index is 2.26. The van der Waals surface area contributed by atoms with Crippen LogP contribution in [-0.4, -0.2) is 11.0 Å². The van der Waals surface area contributed by atoms with Crippen LogP contribution in [0.4, 0.5) is 0 Å². The van der Waals surface area contributed by atoms with Crippen LogP contribution in [0.3, 0.4) is 0 Å². The van der Waals surface area contributed by atoms with Crippen LogP contribution in [0.15, 0.2) is 61.9 Å². The lowest BCUT2D eigenvalue weighted by Crippen LogP contribution is -2.13. The van der Waals surface area contributed by atoms with Gasteiger partial charge in [0.15, 0.2) is 5.84 Å². The van der Waals surface area contributed by atoms with Crippen LogP contribution >= 0.6 is 39.3 Å². The summed E-state index contributed by atoms with van der Waals surface area (Å²) < 4.78 is 1.02. The number of rotatable bonds is 3. The predicted molar refractivity (Wildman–Crippen MR) is 82.2 cm³/mol. The molecule has 0 saturated heterocycles. The van der Waals surface area contributed by atoms with Crippen LogP contribution in [0.1, 0.15) is 5.56 Å². The van der Waals surface area contributed by atoms with Crippen LogP contribution in [0.5, 0.6) is 0 Å². The summed E-state index contributed by atoms with van der Waals surface area (Å²) in [6, 6.07) is 13.4. The average molecular weight is 358 g/mol. The molecule has 0 fully saturated rings. The smallest absolute Gasteiger partial charge is 0.171 e. The second kappa shape index (κ2) is 6.32. The normalized spacial score (nSPS) is 11.6. The van der Waals surface area contributed by atoms with Crippen molar-refractivity contribution in [1.82, 2.24) is 0 Å². The molecule has 0 aliphatic rings. The first-order chi connectivity index (χ1) is 9.10. The number of nitrogens with two attached hydrogens (primary N) is 1. The minimum Gasteiger partial charge on any atom is -0.409 e. The molecule has 98 valence electrons. The van der Waals surface area contributed by atoms with Gasteiger partial charge in [-0.3, -0.25) is 0 Å². The van der Waals surface area contributed by atoms with Crippen LogP contribution < -0.4 is 5.73 Å². The highest BCUT2D eigenvalue weighted by molar-refractivity contribution is 9.10. The Hall–Kier alpha value is -1.17. The Kier molecular flexibility index (Phi) is 4.74. The fourth-order valence-electron chi connectivity index (χ4n) is 1.49. The van der Waals surface area contributed by atoms with Crippen molar-refractivity contribution in [3.8, 4) is 0 Å². The van der Waals surface area contributed by atoms with Crippen molar-refractivity contribution in [2.45, 2.75) is 9.79 Å². The van der Waals surface area contributed by atoms with Crippen molar-refractivity contribution >= 4 is 45.1 Å². The predicted octanol–water partition coefficient (Wildman–Crippen LogP) is 4.35. The van der Waals surface area contributed by atoms with Gasteiger partial charge in [0.1, 0.15) is 0 Å². The Morgan fingerprint density at radius 2 is 1.95 bits per heavy atom. The molecule has 0 unspecified atom stereocenters. The maximum Gasteiger partial charge on any atom is 0.171 e. The van der Waals surface area contributed by atoms with E-state index in [4.69, 9.17) is 22.5 Å². The van der Waals surface area contributed by atoms with E-state index in [1.165, 1.54) is 0 Å². The van der Waals surface area contributed by atoms with Crippen molar-refractivity contribution in [2.24, 2.45) is 10.9 Å². The van der Waals surface area contributed by atoms with E-state index in [-0.39, 0.29) is 5.84 Å². The van der Waals surface area contributed by atoms with Gasteiger partial charge in [-0.15, -0.1) is 0 Å². The van der Waals surface area contributed by atoms with Crippen LogP contribution in [0.25, 0.3) is 0 Å². The standard InChI is InChI=1S/C13H10BrClN2OS/c14-8-2-1-3-9(6-8)19-10-4-5-11(12(15)7-10)13(16)17-18/h1-7,18H,(H2,16,17). The summed E-state index contributed by atoms with van der Waals surface area (Å²) in [5.41, 5.74) is 6.04. The Labute approximate surface area is 128 Å². The van der Waals surface area contributed by atoms with Gasteiger partial charge in [0.05, 0.1) is 5.02 Å². The highest BCUT2D eigenvalue weighted by Gasteiger charge is 2.07. The summed E-state index contributed by atoms with van der Waals surface area (Å²) >= 11 is 11.1. The average Bonchev–Trinajstić information content (AvgIpc) is 2.38. The van der Waals surface area contributed by atoms with Gasteiger partial charge in [0.2, 0.25) is 0 Å². The summed E-state index contributed by atoms with van der Waals surface area (Å²) in [6.07, 6.45) is 0. The molecule has 2 rings (SSSR count). The lowest BCUT2D eigenvalue weighted by Gasteiger charge is -2.06. The summed E-state index contributed by atoms with van der Waals surface area (Å²) in [5.74, 6) is 0.00371. The SMILES string of the molecule is NC(=NO)c1ccc(Sc2cccc(Br)c2)cc1Cl. The van der Waals surface area contributed by atoms with Gasteiger partial charge in [-0.2, -0.15) is 0 Å². The molecule has 0 aromatic heterocycles. The molecule has 0 radical (unpaired) electrons. The zero-order chi connectivity index (χ0) is 13.8. The maximum atomic E-state index is 8.64. The molecule has 3 nitrogen and oxygen atoms in total. The zero-order valence-electron chi connectivity index (χ0n) is 9.68. The lowest BCUT2D eigenvalue weighted by molar-refractivity contribution is 0.318. The minimum absolute atomic E-state index is 0.00371. The highest BCUT2D eigenvalue weighted by Crippen LogP contribution is 2.32. The van der Waals surface area contributed by atoms with Gasteiger partial charge in [-0.05, 0) is 36.4 Å². The highest BCUT2D eigenvalue weighted by atomic mass is 79.9. The van der Waals surface area contributed by atoms with Gasteiger partial charge in [0, 0.05) is 19.8 Å². The van der Waals surface area contributed by atoms with Gasteiger partial charge < -0.3 is 10.9 Å². The van der Waals surface area contributed by atoms with Crippen LogP contribution in [-0.2, 0) is 0 Å². The summed E-state index contributed by atoms with van der Waals surface area (Å²) in [5, 5.41) is 12.0. The fraction of sp³-hybridized carbons (Fsp3) is 0. The van der Waals surface area contributed by atoms with Crippen LogP contribution in [0.2, 0.25) is 5.02 Å². The molecule has 0 aliphatic heterocycles. The molecule has 0 saturated carbocycles. The van der Waals surface area contributed by atoms with Crippen LogP contribution in [0, 0.1) is 0 Å². The number of hydrogen-bond donors (Lipinski definition) is 2. The number of halogens is 2. The van der Waals surface area contributed by atoms with Crippen molar-refractivity contribution in [3.63, 3.8) is 0 Å². The maximum absolute atomic E-state index is 8.64. The van der Waals surface area contributed by atoms with Gasteiger partial charge in [0.25, 0.3) is 0 Å². The molecular formula is C13H10BrClN2OS. The molecule has 0 aliphatic carbocycles. The first kappa shape index (κ1) is 14.2.